The number of esters is 1. The zero-order valence-electron chi connectivity index (χ0n) is 14.4. The third-order valence-corrected chi connectivity index (χ3v) is 4.94. The maximum Gasteiger partial charge on any atom is 0.306 e. The minimum atomic E-state index is -0.709. The summed E-state index contributed by atoms with van der Waals surface area (Å²) < 4.78 is 5.31. The van der Waals surface area contributed by atoms with Gasteiger partial charge in [0.25, 0.3) is 5.56 Å². The Bertz CT molecular complexity index is 1020. The second-order valence-corrected chi connectivity index (χ2v) is 7.22. The standard InChI is InChI=1S/C19H18N2O4S/c1-11-7-9-16(26-11)15(22)8-10-17(23)25-12(2)18-20-14-6-4-3-5-13(14)19(24)21-18/h3-7,9,12H,8,10H2,1-2H3,(H,20,21,24)/t12-/m0/s1. The zero-order valence-corrected chi connectivity index (χ0v) is 15.3. The van der Waals surface area contributed by atoms with Crippen molar-refractivity contribution in [3.8, 4) is 0 Å². The van der Waals surface area contributed by atoms with Gasteiger partial charge in [-0.1, -0.05) is 12.1 Å². The number of nitrogens with zero attached hydrogens (tertiary/aromatic N) is 1. The lowest BCUT2D eigenvalue weighted by Crippen LogP contribution is -2.17. The predicted molar refractivity (Wildman–Crippen MR) is 99.5 cm³/mol. The molecule has 0 radical (unpaired) electrons. The van der Waals surface area contributed by atoms with Gasteiger partial charge in [0.05, 0.1) is 22.2 Å². The molecule has 0 bridgehead atoms. The Morgan fingerprint density at radius 1 is 1.19 bits per heavy atom. The zero-order chi connectivity index (χ0) is 18.7. The molecule has 0 amide bonds. The first-order chi connectivity index (χ1) is 12.4. The molecule has 0 aliphatic rings. The van der Waals surface area contributed by atoms with E-state index in [-0.39, 0.29) is 30.0 Å². The van der Waals surface area contributed by atoms with Crippen LogP contribution in [0.4, 0.5) is 0 Å². The molecule has 1 atom stereocenters. The number of nitrogens with one attached hydrogen (secondary N) is 1. The smallest absolute Gasteiger partial charge is 0.306 e. The summed E-state index contributed by atoms with van der Waals surface area (Å²) in [4.78, 5) is 44.8. The number of aromatic nitrogens is 2. The van der Waals surface area contributed by atoms with Crippen LogP contribution in [-0.2, 0) is 9.53 Å². The number of Topliss-reactive ketones (excluding diaryl/α,β-unsaturated/α-hetero) is 1. The van der Waals surface area contributed by atoms with Crippen LogP contribution < -0.4 is 5.56 Å². The second kappa shape index (κ2) is 7.61. The molecule has 26 heavy (non-hydrogen) atoms. The molecule has 3 aromatic rings. The minimum absolute atomic E-state index is 0.0159. The van der Waals surface area contributed by atoms with Crippen LogP contribution in [0.1, 0.15) is 46.2 Å². The number of carbonyl (C=O) groups excluding carboxylic acids is 2. The van der Waals surface area contributed by atoms with E-state index in [1.807, 2.05) is 13.0 Å². The molecular weight excluding hydrogens is 352 g/mol. The van der Waals surface area contributed by atoms with Crippen molar-refractivity contribution in [3.63, 3.8) is 0 Å². The Kier molecular flexibility index (Phi) is 5.27. The summed E-state index contributed by atoms with van der Waals surface area (Å²) in [5.41, 5.74) is 0.258. The molecule has 0 aliphatic heterocycles. The summed E-state index contributed by atoms with van der Waals surface area (Å²) in [6.45, 7) is 3.56. The van der Waals surface area contributed by atoms with Crippen molar-refractivity contribution in [2.24, 2.45) is 0 Å². The van der Waals surface area contributed by atoms with Crippen molar-refractivity contribution in [3.05, 3.63) is 62.3 Å². The number of aromatic amines is 1. The van der Waals surface area contributed by atoms with Gasteiger partial charge in [-0.05, 0) is 38.1 Å². The first kappa shape index (κ1) is 18.0. The number of H-pyrrole nitrogens is 1. The highest BCUT2D eigenvalue weighted by Crippen LogP contribution is 2.19. The van der Waals surface area contributed by atoms with Crippen LogP contribution in [0.15, 0.2) is 41.2 Å². The molecular formula is C19H18N2O4S. The molecule has 2 aromatic heterocycles. The first-order valence-corrected chi connectivity index (χ1v) is 9.04. The molecule has 1 N–H and O–H groups in total. The molecule has 0 spiro atoms. The fraction of sp³-hybridized carbons (Fsp3) is 0.263. The number of aryl methyl sites for hydroxylation is 1. The van der Waals surface area contributed by atoms with Crippen molar-refractivity contribution < 1.29 is 14.3 Å². The van der Waals surface area contributed by atoms with E-state index in [0.29, 0.717) is 15.8 Å². The number of fused-ring (bicyclic) bond motifs is 1. The third-order valence-electron chi connectivity index (χ3n) is 3.90. The molecule has 0 fully saturated rings. The number of benzene rings is 1. The van der Waals surface area contributed by atoms with Gasteiger partial charge < -0.3 is 9.72 Å². The lowest BCUT2D eigenvalue weighted by molar-refractivity contribution is -0.148. The van der Waals surface area contributed by atoms with E-state index in [2.05, 4.69) is 9.97 Å². The van der Waals surface area contributed by atoms with Gasteiger partial charge in [0, 0.05) is 11.3 Å². The summed E-state index contributed by atoms with van der Waals surface area (Å²) in [7, 11) is 0. The lowest BCUT2D eigenvalue weighted by Gasteiger charge is -2.12. The van der Waals surface area contributed by atoms with Gasteiger partial charge in [0.15, 0.2) is 17.7 Å². The number of rotatable bonds is 6. The van der Waals surface area contributed by atoms with Crippen LogP contribution in [-0.4, -0.2) is 21.7 Å². The van der Waals surface area contributed by atoms with E-state index in [9.17, 15) is 14.4 Å². The highest BCUT2D eigenvalue weighted by atomic mass is 32.1. The van der Waals surface area contributed by atoms with Crippen molar-refractivity contribution in [2.45, 2.75) is 32.8 Å². The topological polar surface area (TPSA) is 89.1 Å². The molecule has 1 aromatic carbocycles. The molecule has 3 rings (SSSR count). The van der Waals surface area contributed by atoms with Gasteiger partial charge in [-0.2, -0.15) is 0 Å². The summed E-state index contributed by atoms with van der Waals surface area (Å²) in [6.07, 6.45) is -0.635. The quantitative estimate of drug-likeness (QED) is 0.529. The Morgan fingerprint density at radius 2 is 1.96 bits per heavy atom. The molecule has 0 aliphatic carbocycles. The lowest BCUT2D eigenvalue weighted by atomic mass is 10.2. The maximum absolute atomic E-state index is 12.1. The summed E-state index contributed by atoms with van der Waals surface area (Å²) in [5, 5.41) is 0.478. The molecule has 0 unspecified atom stereocenters. The fourth-order valence-electron chi connectivity index (χ4n) is 2.53. The number of ketones is 1. The van der Waals surface area contributed by atoms with E-state index in [0.717, 1.165) is 4.88 Å². The Hall–Kier alpha value is -2.80. The average Bonchev–Trinajstić information content (AvgIpc) is 3.06. The molecule has 6 nitrogen and oxygen atoms in total. The summed E-state index contributed by atoms with van der Waals surface area (Å²) >= 11 is 1.41. The van der Waals surface area contributed by atoms with E-state index < -0.39 is 12.1 Å². The number of hydrogen-bond acceptors (Lipinski definition) is 6. The highest BCUT2D eigenvalue weighted by molar-refractivity contribution is 7.14. The minimum Gasteiger partial charge on any atom is -0.454 e. The Labute approximate surface area is 153 Å². The highest BCUT2D eigenvalue weighted by Gasteiger charge is 2.17. The monoisotopic (exact) mass is 370 g/mol. The van der Waals surface area contributed by atoms with Crippen molar-refractivity contribution in [1.29, 1.82) is 0 Å². The van der Waals surface area contributed by atoms with E-state index in [1.54, 1.807) is 37.3 Å². The van der Waals surface area contributed by atoms with Gasteiger partial charge in [0.1, 0.15) is 0 Å². The van der Waals surface area contributed by atoms with Crippen molar-refractivity contribution >= 4 is 34.0 Å². The largest absolute Gasteiger partial charge is 0.454 e. The van der Waals surface area contributed by atoms with Gasteiger partial charge in [-0.3, -0.25) is 14.4 Å². The van der Waals surface area contributed by atoms with E-state index >= 15 is 0 Å². The fourth-order valence-corrected chi connectivity index (χ4v) is 3.37. The van der Waals surface area contributed by atoms with Crippen LogP contribution in [0.5, 0.6) is 0 Å². The average molecular weight is 370 g/mol. The Balaban J connectivity index is 1.62. The normalized spacial score (nSPS) is 12.1. The van der Waals surface area contributed by atoms with Crippen LogP contribution in [0.2, 0.25) is 0 Å². The third kappa shape index (κ3) is 4.05. The van der Waals surface area contributed by atoms with E-state index in [4.69, 9.17) is 4.74 Å². The van der Waals surface area contributed by atoms with E-state index in [1.165, 1.54) is 11.3 Å². The molecule has 0 saturated carbocycles. The number of carbonyl (C=O) groups is 2. The van der Waals surface area contributed by atoms with Gasteiger partial charge in [0.2, 0.25) is 0 Å². The van der Waals surface area contributed by atoms with Gasteiger partial charge >= 0.3 is 5.97 Å². The van der Waals surface area contributed by atoms with Crippen LogP contribution in [0.3, 0.4) is 0 Å². The van der Waals surface area contributed by atoms with Crippen LogP contribution in [0.25, 0.3) is 10.9 Å². The van der Waals surface area contributed by atoms with Gasteiger partial charge in [-0.15, -0.1) is 11.3 Å². The van der Waals surface area contributed by atoms with Crippen molar-refractivity contribution in [1.82, 2.24) is 9.97 Å². The second-order valence-electron chi connectivity index (χ2n) is 5.93. The Morgan fingerprint density at radius 3 is 2.69 bits per heavy atom. The number of thiophene rings is 1. The molecule has 0 saturated heterocycles. The number of hydrogen-bond donors (Lipinski definition) is 1. The number of para-hydroxylation sites is 1. The van der Waals surface area contributed by atoms with Crippen LogP contribution in [0, 0.1) is 6.92 Å². The van der Waals surface area contributed by atoms with Crippen LogP contribution >= 0.6 is 11.3 Å². The number of ether oxygens (including phenoxy) is 1. The molecule has 2 heterocycles. The maximum atomic E-state index is 12.1. The molecule has 134 valence electrons. The van der Waals surface area contributed by atoms with Gasteiger partial charge in [-0.25, -0.2) is 4.98 Å². The van der Waals surface area contributed by atoms with Crippen molar-refractivity contribution in [2.75, 3.05) is 0 Å². The SMILES string of the molecule is Cc1ccc(C(=O)CCC(=O)O[C@@H](C)c2nc3ccccc3c(=O)[nH]2)s1. The summed E-state index contributed by atoms with van der Waals surface area (Å²) in [6, 6.07) is 10.6. The first-order valence-electron chi connectivity index (χ1n) is 8.22. The summed E-state index contributed by atoms with van der Waals surface area (Å²) in [5.74, 6) is -0.304. The predicted octanol–water partition coefficient (Wildman–Crippen LogP) is 3.56. The molecule has 7 heteroatoms.